The van der Waals surface area contributed by atoms with Crippen molar-refractivity contribution in [3.8, 4) is 16.9 Å². The van der Waals surface area contributed by atoms with Gasteiger partial charge in [-0.05, 0) is 66.1 Å². The summed E-state index contributed by atoms with van der Waals surface area (Å²) in [5, 5.41) is 2.73. The van der Waals surface area contributed by atoms with E-state index in [9.17, 15) is 18.4 Å². The Hall–Kier alpha value is -5.24. The zero-order chi connectivity index (χ0) is 30.1. The molecule has 1 N–H and O–H groups in total. The van der Waals surface area contributed by atoms with Gasteiger partial charge in [0.15, 0.2) is 0 Å². The molecule has 2 heterocycles. The summed E-state index contributed by atoms with van der Waals surface area (Å²) in [4.78, 5) is 29.0. The van der Waals surface area contributed by atoms with Gasteiger partial charge in [-0.25, -0.2) is 8.78 Å². The third-order valence-electron chi connectivity index (χ3n) is 7.82. The Kier molecular flexibility index (Phi) is 7.50. The first kappa shape index (κ1) is 27.9. The van der Waals surface area contributed by atoms with Crippen molar-refractivity contribution in [2.45, 2.75) is 26.6 Å². The number of ether oxygens (including phenoxy) is 1. The fourth-order valence-corrected chi connectivity index (χ4v) is 5.55. The topological polar surface area (TPSA) is 63.6 Å². The molecule has 8 heteroatoms. The van der Waals surface area contributed by atoms with Crippen LogP contribution in [0.1, 0.15) is 43.2 Å². The number of amides is 2. The van der Waals surface area contributed by atoms with Crippen molar-refractivity contribution < 1.29 is 23.1 Å². The Balaban J connectivity index is 1.30. The van der Waals surface area contributed by atoms with E-state index in [1.165, 1.54) is 6.07 Å². The van der Waals surface area contributed by atoms with E-state index in [2.05, 4.69) is 5.32 Å². The summed E-state index contributed by atoms with van der Waals surface area (Å²) in [6, 6.07) is 27.9. The predicted octanol–water partition coefficient (Wildman–Crippen LogP) is 6.89. The molecule has 0 aliphatic carbocycles. The lowest BCUT2D eigenvalue weighted by Crippen LogP contribution is -2.30. The summed E-state index contributed by atoms with van der Waals surface area (Å²) in [5.74, 6) is -1.40. The quantitative estimate of drug-likeness (QED) is 0.239. The summed E-state index contributed by atoms with van der Waals surface area (Å²) in [5.41, 5.74) is 6.46. The van der Waals surface area contributed by atoms with Gasteiger partial charge in [0.05, 0.1) is 20.2 Å². The molecule has 2 amide bonds. The van der Waals surface area contributed by atoms with Crippen LogP contribution in [0.25, 0.3) is 11.1 Å². The molecule has 5 aromatic rings. The van der Waals surface area contributed by atoms with E-state index >= 15 is 0 Å². The SMILES string of the molecule is COc1cc(C(=O)N2Cc3ccc(C(=O)NCc4ccc(F)cc4F)n3Cc3ccccc32)ccc1-c1ccccc1C. The summed E-state index contributed by atoms with van der Waals surface area (Å²) < 4.78 is 35.0. The Labute approximate surface area is 248 Å². The van der Waals surface area contributed by atoms with Crippen LogP contribution in [0.4, 0.5) is 14.5 Å². The van der Waals surface area contributed by atoms with Crippen LogP contribution in [-0.4, -0.2) is 23.5 Å². The molecule has 216 valence electrons. The number of aryl methyl sites for hydroxylation is 1. The Morgan fingerprint density at radius 2 is 1.65 bits per heavy atom. The third kappa shape index (κ3) is 5.39. The zero-order valence-corrected chi connectivity index (χ0v) is 23.7. The average Bonchev–Trinajstić information content (AvgIpc) is 3.33. The molecule has 0 atom stereocenters. The van der Waals surface area contributed by atoms with Gasteiger partial charge in [0, 0.05) is 40.7 Å². The number of benzene rings is 4. The fraction of sp³-hybridized carbons (Fsp3) is 0.143. The summed E-state index contributed by atoms with van der Waals surface area (Å²) >= 11 is 0. The van der Waals surface area contributed by atoms with Crippen molar-refractivity contribution in [2.24, 2.45) is 0 Å². The molecule has 6 nitrogen and oxygen atoms in total. The lowest BCUT2D eigenvalue weighted by atomic mass is 9.98. The van der Waals surface area contributed by atoms with Crippen LogP contribution in [0.3, 0.4) is 0 Å². The standard InChI is InChI=1S/C35H29F2N3O3/c1-22-7-3-5-9-28(22)29-15-12-23(17-33(29)43-2)35(42)40-21-27-14-16-32(39(27)20-25-8-4-6-10-31(25)40)34(41)38-19-24-11-13-26(36)18-30(24)37/h3-18H,19-21H2,1-2H3,(H,38,41). The number of anilines is 1. The van der Waals surface area contributed by atoms with Crippen LogP contribution in [-0.2, 0) is 19.6 Å². The van der Waals surface area contributed by atoms with Gasteiger partial charge < -0.3 is 19.5 Å². The minimum absolute atomic E-state index is 0.0903. The van der Waals surface area contributed by atoms with Crippen LogP contribution in [0.2, 0.25) is 0 Å². The smallest absolute Gasteiger partial charge is 0.268 e. The first-order valence-corrected chi connectivity index (χ1v) is 13.9. The first-order chi connectivity index (χ1) is 20.8. The van der Waals surface area contributed by atoms with E-state index in [0.29, 0.717) is 23.6 Å². The molecular formula is C35H29F2N3O3. The fourth-order valence-electron chi connectivity index (χ4n) is 5.55. The maximum Gasteiger partial charge on any atom is 0.268 e. The number of carbonyl (C=O) groups is 2. The van der Waals surface area contributed by atoms with Gasteiger partial charge in [0.25, 0.3) is 11.8 Å². The van der Waals surface area contributed by atoms with E-state index in [0.717, 1.165) is 45.8 Å². The number of nitrogens with zero attached hydrogens (tertiary/aromatic N) is 2. The minimum Gasteiger partial charge on any atom is -0.496 e. The number of para-hydroxylation sites is 1. The summed E-state index contributed by atoms with van der Waals surface area (Å²) in [7, 11) is 1.59. The molecule has 0 saturated carbocycles. The Morgan fingerprint density at radius 1 is 0.860 bits per heavy atom. The molecule has 0 spiro atoms. The number of rotatable bonds is 6. The lowest BCUT2D eigenvalue weighted by molar-refractivity contribution is 0.0941. The van der Waals surface area contributed by atoms with Gasteiger partial charge in [-0.1, -0.05) is 48.5 Å². The van der Waals surface area contributed by atoms with Gasteiger partial charge in [-0.3, -0.25) is 9.59 Å². The highest BCUT2D eigenvalue weighted by atomic mass is 19.1. The van der Waals surface area contributed by atoms with Crippen LogP contribution >= 0.6 is 0 Å². The van der Waals surface area contributed by atoms with E-state index < -0.39 is 17.5 Å². The maximum absolute atomic E-state index is 14.1. The Bertz CT molecular complexity index is 1860. The number of carbonyl (C=O) groups excluding carboxylic acids is 2. The van der Waals surface area contributed by atoms with Crippen molar-refractivity contribution in [3.63, 3.8) is 0 Å². The second-order valence-electron chi connectivity index (χ2n) is 10.5. The highest BCUT2D eigenvalue weighted by Crippen LogP contribution is 2.35. The van der Waals surface area contributed by atoms with Gasteiger partial charge >= 0.3 is 0 Å². The predicted molar refractivity (Wildman–Crippen MR) is 161 cm³/mol. The van der Waals surface area contributed by atoms with E-state index in [-0.39, 0.29) is 24.6 Å². The number of aromatic nitrogens is 1. The molecule has 0 radical (unpaired) electrons. The second-order valence-corrected chi connectivity index (χ2v) is 10.5. The zero-order valence-electron chi connectivity index (χ0n) is 23.7. The molecule has 0 bridgehead atoms. The third-order valence-corrected chi connectivity index (χ3v) is 7.82. The molecule has 0 unspecified atom stereocenters. The van der Waals surface area contributed by atoms with Gasteiger partial charge in [-0.15, -0.1) is 0 Å². The largest absolute Gasteiger partial charge is 0.496 e. The summed E-state index contributed by atoms with van der Waals surface area (Å²) in [6.45, 7) is 2.54. The van der Waals surface area contributed by atoms with Crippen molar-refractivity contribution in [3.05, 3.63) is 142 Å². The van der Waals surface area contributed by atoms with Gasteiger partial charge in [-0.2, -0.15) is 0 Å². The van der Waals surface area contributed by atoms with Crippen LogP contribution < -0.4 is 15.0 Å². The molecule has 1 aromatic heterocycles. The molecule has 4 aromatic carbocycles. The number of methoxy groups -OCH3 is 1. The van der Waals surface area contributed by atoms with Crippen LogP contribution in [0, 0.1) is 18.6 Å². The second kappa shape index (κ2) is 11.6. The highest BCUT2D eigenvalue weighted by molar-refractivity contribution is 6.07. The van der Waals surface area contributed by atoms with Crippen molar-refractivity contribution >= 4 is 17.5 Å². The maximum atomic E-state index is 14.1. The lowest BCUT2D eigenvalue weighted by Gasteiger charge is -2.23. The highest BCUT2D eigenvalue weighted by Gasteiger charge is 2.28. The number of hydrogen-bond acceptors (Lipinski definition) is 3. The molecule has 1 aliphatic heterocycles. The molecule has 0 saturated heterocycles. The molecule has 6 rings (SSSR count). The van der Waals surface area contributed by atoms with Gasteiger partial charge in [0.1, 0.15) is 23.1 Å². The van der Waals surface area contributed by atoms with Crippen molar-refractivity contribution in [1.82, 2.24) is 9.88 Å². The number of halogens is 2. The summed E-state index contributed by atoms with van der Waals surface area (Å²) in [6.07, 6.45) is 0. The normalized spacial score (nSPS) is 12.2. The van der Waals surface area contributed by atoms with Gasteiger partial charge in [0.2, 0.25) is 0 Å². The van der Waals surface area contributed by atoms with Crippen LogP contribution in [0.15, 0.2) is 97.1 Å². The number of nitrogens with one attached hydrogen (secondary N) is 1. The molecule has 0 fully saturated rings. The van der Waals surface area contributed by atoms with E-state index in [4.69, 9.17) is 4.74 Å². The van der Waals surface area contributed by atoms with E-state index in [1.807, 2.05) is 78.2 Å². The Morgan fingerprint density at radius 3 is 2.44 bits per heavy atom. The number of fused-ring (bicyclic) bond motifs is 2. The number of hydrogen-bond donors (Lipinski definition) is 1. The molecule has 1 aliphatic rings. The van der Waals surface area contributed by atoms with Crippen molar-refractivity contribution in [1.29, 1.82) is 0 Å². The van der Waals surface area contributed by atoms with Crippen LogP contribution in [0.5, 0.6) is 5.75 Å². The van der Waals surface area contributed by atoms with E-state index in [1.54, 1.807) is 24.1 Å². The molecule has 43 heavy (non-hydrogen) atoms. The monoisotopic (exact) mass is 577 g/mol. The molecular weight excluding hydrogens is 548 g/mol. The minimum atomic E-state index is -0.721. The first-order valence-electron chi connectivity index (χ1n) is 13.9. The van der Waals surface area contributed by atoms with Crippen molar-refractivity contribution in [2.75, 3.05) is 12.0 Å². The average molecular weight is 578 g/mol.